The number of nitrogens with zero attached hydrogens (tertiary/aromatic N) is 3. The van der Waals surface area contributed by atoms with Crippen molar-refractivity contribution in [1.82, 2.24) is 4.98 Å². The quantitative estimate of drug-likeness (QED) is 0.168. The van der Waals surface area contributed by atoms with E-state index in [4.69, 9.17) is 14.6 Å². The summed E-state index contributed by atoms with van der Waals surface area (Å²) in [5.74, 6) is -0.944. The van der Waals surface area contributed by atoms with E-state index in [1.807, 2.05) is 0 Å². The van der Waals surface area contributed by atoms with Crippen molar-refractivity contribution >= 4 is 40.3 Å². The average molecular weight is 436 g/mol. The Morgan fingerprint density at radius 1 is 1.43 bits per heavy atom. The van der Waals surface area contributed by atoms with Crippen molar-refractivity contribution in [2.75, 3.05) is 18.6 Å². The van der Waals surface area contributed by atoms with E-state index in [0.717, 1.165) is 0 Å². The number of carboxylic acid groups (broad SMARTS) is 1. The van der Waals surface area contributed by atoms with E-state index in [9.17, 15) is 19.7 Å². The van der Waals surface area contributed by atoms with E-state index in [2.05, 4.69) is 15.5 Å². The first-order valence-electron chi connectivity index (χ1n) is 8.91. The third kappa shape index (κ3) is 7.47. The standard InChI is InChI=1S/C18H20N4O7S/c1-2-28-17(25)9-13-11-30-18(20-13)21-19-10-12-8-14(5-6-15(12)22(26)27)29-7-3-4-16(23)24/h5-6,8,10-11H,2-4,7,9H2,1H3,(H,20,21)(H,23,24). The number of benzene rings is 1. The number of rotatable bonds is 12. The lowest BCUT2D eigenvalue weighted by atomic mass is 10.2. The predicted octanol–water partition coefficient (Wildman–Crippen LogP) is 2.85. The van der Waals surface area contributed by atoms with Gasteiger partial charge in [0.2, 0.25) is 5.13 Å². The van der Waals surface area contributed by atoms with Gasteiger partial charge in [0.1, 0.15) is 5.75 Å². The second-order valence-electron chi connectivity index (χ2n) is 5.82. The van der Waals surface area contributed by atoms with Crippen LogP contribution in [0.1, 0.15) is 31.0 Å². The van der Waals surface area contributed by atoms with Crippen LogP contribution in [0.4, 0.5) is 10.8 Å². The second kappa shape index (κ2) is 11.5. The maximum atomic E-state index is 11.5. The SMILES string of the molecule is CCOC(=O)Cc1csc(NN=Cc2cc(OCCCC(=O)O)ccc2[N+](=O)[O-])n1. The number of nitro benzene ring substituents is 1. The molecule has 1 aromatic carbocycles. The normalized spacial score (nSPS) is 10.7. The molecule has 0 unspecified atom stereocenters. The summed E-state index contributed by atoms with van der Waals surface area (Å²) in [6.45, 7) is 2.18. The summed E-state index contributed by atoms with van der Waals surface area (Å²) >= 11 is 1.22. The molecule has 0 atom stereocenters. The molecule has 30 heavy (non-hydrogen) atoms. The van der Waals surface area contributed by atoms with Gasteiger partial charge in [0, 0.05) is 17.9 Å². The number of carbonyl (C=O) groups excluding carboxylic acids is 1. The molecule has 0 fully saturated rings. The van der Waals surface area contributed by atoms with Gasteiger partial charge in [-0.05, 0) is 25.5 Å². The van der Waals surface area contributed by atoms with Crippen LogP contribution in [0, 0.1) is 10.1 Å². The number of hydrogen-bond donors (Lipinski definition) is 2. The first kappa shape index (κ1) is 22.7. The second-order valence-corrected chi connectivity index (χ2v) is 6.68. The largest absolute Gasteiger partial charge is 0.494 e. The molecule has 1 heterocycles. The van der Waals surface area contributed by atoms with Crippen LogP contribution in [0.25, 0.3) is 0 Å². The highest BCUT2D eigenvalue weighted by Gasteiger charge is 2.14. The van der Waals surface area contributed by atoms with Gasteiger partial charge < -0.3 is 14.6 Å². The summed E-state index contributed by atoms with van der Waals surface area (Å²) < 4.78 is 10.3. The molecule has 0 aliphatic carbocycles. The fourth-order valence-corrected chi connectivity index (χ4v) is 2.92. The van der Waals surface area contributed by atoms with Gasteiger partial charge in [-0.15, -0.1) is 11.3 Å². The fourth-order valence-electron chi connectivity index (χ4n) is 2.26. The Hall–Kier alpha value is -3.54. The zero-order chi connectivity index (χ0) is 21.9. The summed E-state index contributed by atoms with van der Waals surface area (Å²) in [7, 11) is 0. The molecule has 0 saturated heterocycles. The van der Waals surface area contributed by atoms with Crippen LogP contribution in [0.2, 0.25) is 0 Å². The number of carboxylic acids is 1. The van der Waals surface area contributed by atoms with Crippen molar-refractivity contribution in [1.29, 1.82) is 0 Å². The van der Waals surface area contributed by atoms with E-state index >= 15 is 0 Å². The Morgan fingerprint density at radius 2 is 2.23 bits per heavy atom. The molecule has 0 saturated carbocycles. The Balaban J connectivity index is 2.01. The Morgan fingerprint density at radius 3 is 2.93 bits per heavy atom. The maximum Gasteiger partial charge on any atom is 0.311 e. The van der Waals surface area contributed by atoms with Crippen LogP contribution >= 0.6 is 11.3 Å². The van der Waals surface area contributed by atoms with E-state index in [1.165, 1.54) is 35.8 Å². The minimum absolute atomic E-state index is 0.0306. The summed E-state index contributed by atoms with van der Waals surface area (Å²) in [6.07, 6.45) is 1.59. The van der Waals surface area contributed by atoms with Crippen LogP contribution < -0.4 is 10.2 Å². The van der Waals surface area contributed by atoms with Crippen LogP contribution in [0.5, 0.6) is 5.75 Å². The molecule has 160 valence electrons. The number of thiazole rings is 1. The van der Waals surface area contributed by atoms with Crippen molar-refractivity contribution in [2.45, 2.75) is 26.2 Å². The number of esters is 1. The van der Waals surface area contributed by atoms with E-state index in [-0.39, 0.29) is 36.7 Å². The van der Waals surface area contributed by atoms with Crippen molar-refractivity contribution < 1.29 is 29.1 Å². The third-order valence-corrected chi connectivity index (χ3v) is 4.34. The van der Waals surface area contributed by atoms with Gasteiger partial charge in [-0.3, -0.25) is 25.1 Å². The van der Waals surface area contributed by atoms with Crippen LogP contribution in [-0.4, -0.2) is 46.4 Å². The molecule has 0 aliphatic rings. The molecule has 2 aromatic rings. The number of anilines is 1. The minimum atomic E-state index is -0.922. The van der Waals surface area contributed by atoms with Crippen LogP contribution in [-0.2, 0) is 20.7 Å². The lowest BCUT2D eigenvalue weighted by molar-refractivity contribution is -0.385. The molecule has 2 N–H and O–H groups in total. The molecule has 1 aromatic heterocycles. The smallest absolute Gasteiger partial charge is 0.311 e. The lowest BCUT2D eigenvalue weighted by Crippen LogP contribution is -2.07. The molecule has 12 heteroatoms. The number of aromatic nitrogens is 1. The van der Waals surface area contributed by atoms with Gasteiger partial charge in [-0.1, -0.05) is 0 Å². The van der Waals surface area contributed by atoms with E-state index in [1.54, 1.807) is 12.3 Å². The number of ether oxygens (including phenoxy) is 2. The maximum absolute atomic E-state index is 11.5. The molecule has 11 nitrogen and oxygen atoms in total. The zero-order valence-corrected chi connectivity index (χ0v) is 16.9. The van der Waals surface area contributed by atoms with Gasteiger partial charge in [0.25, 0.3) is 5.69 Å². The van der Waals surface area contributed by atoms with Crippen molar-refractivity contribution in [3.8, 4) is 5.75 Å². The Labute approximate surface area is 175 Å². The topological polar surface area (TPSA) is 153 Å². The number of nitrogens with one attached hydrogen (secondary N) is 1. The van der Waals surface area contributed by atoms with Crippen LogP contribution in [0.3, 0.4) is 0 Å². The first-order valence-corrected chi connectivity index (χ1v) is 9.79. The zero-order valence-electron chi connectivity index (χ0n) is 16.1. The third-order valence-electron chi connectivity index (χ3n) is 3.55. The molecular formula is C18H20N4O7S. The predicted molar refractivity (Wildman–Crippen MR) is 109 cm³/mol. The summed E-state index contributed by atoms with van der Waals surface area (Å²) in [5.41, 5.74) is 3.23. The number of nitro groups is 1. The van der Waals surface area contributed by atoms with E-state index < -0.39 is 10.9 Å². The minimum Gasteiger partial charge on any atom is -0.494 e. The van der Waals surface area contributed by atoms with Gasteiger partial charge >= 0.3 is 11.9 Å². The van der Waals surface area contributed by atoms with Gasteiger partial charge in [-0.25, -0.2) is 4.98 Å². The highest BCUT2D eigenvalue weighted by molar-refractivity contribution is 7.13. The van der Waals surface area contributed by atoms with Gasteiger partial charge in [0.15, 0.2) is 0 Å². The van der Waals surface area contributed by atoms with Gasteiger partial charge in [0.05, 0.1) is 42.0 Å². The Bertz CT molecular complexity index is 929. The first-order chi connectivity index (χ1) is 14.4. The summed E-state index contributed by atoms with van der Waals surface area (Å²) in [5, 5.41) is 25.9. The van der Waals surface area contributed by atoms with Crippen molar-refractivity contribution in [3.05, 3.63) is 45.0 Å². The Kier molecular flexibility index (Phi) is 8.69. The average Bonchev–Trinajstić information content (AvgIpc) is 3.12. The number of carbonyl (C=O) groups is 2. The number of hydrogen-bond acceptors (Lipinski definition) is 10. The van der Waals surface area contributed by atoms with Crippen molar-refractivity contribution in [2.24, 2.45) is 5.10 Å². The highest BCUT2D eigenvalue weighted by Crippen LogP contribution is 2.23. The molecule has 0 aliphatic heterocycles. The van der Waals surface area contributed by atoms with E-state index in [0.29, 0.717) is 29.6 Å². The fraction of sp³-hybridized carbons (Fsp3) is 0.333. The van der Waals surface area contributed by atoms with Crippen LogP contribution in [0.15, 0.2) is 28.7 Å². The highest BCUT2D eigenvalue weighted by atomic mass is 32.1. The molecule has 2 rings (SSSR count). The molecule has 0 bridgehead atoms. The monoisotopic (exact) mass is 436 g/mol. The molecular weight excluding hydrogens is 416 g/mol. The molecule has 0 amide bonds. The summed E-state index contributed by atoms with van der Waals surface area (Å²) in [6, 6.07) is 4.17. The van der Waals surface area contributed by atoms with Crippen molar-refractivity contribution in [3.63, 3.8) is 0 Å². The number of hydrazone groups is 1. The lowest BCUT2D eigenvalue weighted by Gasteiger charge is -2.06. The molecule has 0 radical (unpaired) electrons. The molecule has 0 spiro atoms. The number of aliphatic carboxylic acids is 1. The van der Waals surface area contributed by atoms with Gasteiger partial charge in [-0.2, -0.15) is 5.10 Å². The summed E-state index contributed by atoms with van der Waals surface area (Å²) in [4.78, 5) is 36.9.